The van der Waals surface area contributed by atoms with Crippen molar-refractivity contribution >= 4 is 5.91 Å². The number of amides is 1. The van der Waals surface area contributed by atoms with E-state index >= 15 is 0 Å². The average molecular weight is 284 g/mol. The minimum atomic E-state index is -0.185. The molecular formula is C15H16N4O2. The third kappa shape index (κ3) is 3.91. The van der Waals surface area contributed by atoms with E-state index in [2.05, 4.69) is 32.3 Å². The summed E-state index contributed by atoms with van der Waals surface area (Å²) in [5.41, 5.74) is 2.18. The van der Waals surface area contributed by atoms with Crippen LogP contribution in [0.4, 0.5) is 0 Å². The Morgan fingerprint density at radius 1 is 1.48 bits per heavy atom. The van der Waals surface area contributed by atoms with Gasteiger partial charge in [0.25, 0.3) is 5.91 Å². The van der Waals surface area contributed by atoms with E-state index in [0.29, 0.717) is 24.4 Å². The van der Waals surface area contributed by atoms with Gasteiger partial charge < -0.3 is 10.4 Å². The quantitative estimate of drug-likeness (QED) is 0.723. The first kappa shape index (κ1) is 14.8. The molecule has 1 aromatic carbocycles. The number of nitrogens with zero attached hydrogens (tertiary/aromatic N) is 2. The van der Waals surface area contributed by atoms with E-state index < -0.39 is 0 Å². The van der Waals surface area contributed by atoms with Gasteiger partial charge in [0.2, 0.25) is 0 Å². The Bertz CT molecular complexity index is 669. The number of benzene rings is 1. The number of carbonyl (C=O) groups excluding carboxylic acids is 1. The monoisotopic (exact) mass is 284 g/mol. The van der Waals surface area contributed by atoms with Gasteiger partial charge >= 0.3 is 0 Å². The van der Waals surface area contributed by atoms with Crippen LogP contribution in [0.1, 0.15) is 33.7 Å². The zero-order valence-corrected chi connectivity index (χ0v) is 11.7. The summed E-state index contributed by atoms with van der Waals surface area (Å²) in [6.07, 6.45) is 1.81. The molecule has 3 N–H and O–H groups in total. The molecule has 6 nitrogen and oxygen atoms in total. The van der Waals surface area contributed by atoms with Crippen LogP contribution in [0.3, 0.4) is 0 Å². The largest absolute Gasteiger partial charge is 0.395 e. The molecule has 0 aliphatic carbocycles. The molecule has 1 aromatic heterocycles. The number of H-pyrrole nitrogens is 1. The van der Waals surface area contributed by atoms with Gasteiger partial charge in [-0.15, -0.1) is 0 Å². The zero-order valence-electron chi connectivity index (χ0n) is 11.7. The van der Waals surface area contributed by atoms with E-state index in [1.807, 2.05) is 13.0 Å². The molecule has 2 aromatic rings. The Morgan fingerprint density at radius 3 is 3.05 bits per heavy atom. The second-order valence-corrected chi connectivity index (χ2v) is 4.37. The number of hydrogen-bond acceptors (Lipinski definition) is 4. The zero-order chi connectivity index (χ0) is 15.1. The maximum Gasteiger partial charge on any atom is 0.251 e. The second-order valence-electron chi connectivity index (χ2n) is 4.37. The third-order valence-corrected chi connectivity index (χ3v) is 2.92. The van der Waals surface area contributed by atoms with Crippen LogP contribution in [-0.2, 0) is 6.54 Å². The third-order valence-electron chi connectivity index (χ3n) is 2.92. The van der Waals surface area contributed by atoms with E-state index in [1.165, 1.54) is 6.33 Å². The predicted molar refractivity (Wildman–Crippen MR) is 77.3 cm³/mol. The van der Waals surface area contributed by atoms with Crippen molar-refractivity contribution in [1.29, 1.82) is 0 Å². The van der Waals surface area contributed by atoms with Gasteiger partial charge in [0, 0.05) is 17.5 Å². The Kier molecular flexibility index (Phi) is 5.07. The van der Waals surface area contributed by atoms with E-state index in [1.54, 1.807) is 12.1 Å². The highest BCUT2D eigenvalue weighted by molar-refractivity contribution is 5.96. The topological polar surface area (TPSA) is 90.9 Å². The van der Waals surface area contributed by atoms with Crippen molar-refractivity contribution in [2.75, 3.05) is 6.61 Å². The van der Waals surface area contributed by atoms with Gasteiger partial charge in [0.1, 0.15) is 12.2 Å². The van der Waals surface area contributed by atoms with Crippen LogP contribution in [0.15, 0.2) is 24.5 Å². The fourth-order valence-electron chi connectivity index (χ4n) is 1.81. The number of carbonyl (C=O) groups is 1. The Labute approximate surface area is 122 Å². The van der Waals surface area contributed by atoms with Crippen molar-refractivity contribution < 1.29 is 9.90 Å². The van der Waals surface area contributed by atoms with Crippen LogP contribution in [0, 0.1) is 18.8 Å². The number of rotatable bonds is 4. The van der Waals surface area contributed by atoms with E-state index in [9.17, 15) is 4.79 Å². The standard InChI is InChI=1S/C15H16N4O2/c1-11-12(5-2-3-8-20)6-4-7-13(11)15(21)16-9-14-17-10-18-19-14/h4,6-7,10,20H,3,8-9H2,1H3,(H,16,21)(H,17,18,19). The summed E-state index contributed by atoms with van der Waals surface area (Å²) < 4.78 is 0. The van der Waals surface area contributed by atoms with E-state index in [0.717, 1.165) is 11.1 Å². The van der Waals surface area contributed by atoms with Crippen molar-refractivity contribution in [2.24, 2.45) is 0 Å². The first-order chi connectivity index (χ1) is 10.2. The second kappa shape index (κ2) is 7.22. The van der Waals surface area contributed by atoms with Gasteiger partial charge in [0.15, 0.2) is 0 Å². The number of aliphatic hydroxyl groups is 1. The molecule has 21 heavy (non-hydrogen) atoms. The molecule has 0 aliphatic heterocycles. The molecule has 2 rings (SSSR count). The highest BCUT2D eigenvalue weighted by Gasteiger charge is 2.11. The molecule has 0 unspecified atom stereocenters. The van der Waals surface area contributed by atoms with Gasteiger partial charge in [-0.2, -0.15) is 5.10 Å². The maximum absolute atomic E-state index is 12.2. The molecule has 0 aliphatic rings. The minimum Gasteiger partial charge on any atom is -0.395 e. The molecule has 0 bridgehead atoms. The van der Waals surface area contributed by atoms with Crippen LogP contribution >= 0.6 is 0 Å². The first-order valence-electron chi connectivity index (χ1n) is 6.54. The lowest BCUT2D eigenvalue weighted by Gasteiger charge is -2.08. The highest BCUT2D eigenvalue weighted by atomic mass is 16.2. The lowest BCUT2D eigenvalue weighted by molar-refractivity contribution is 0.0949. The van der Waals surface area contributed by atoms with Gasteiger partial charge in [-0.05, 0) is 24.6 Å². The molecule has 0 atom stereocenters. The first-order valence-corrected chi connectivity index (χ1v) is 6.54. The number of aliphatic hydroxyl groups excluding tert-OH is 1. The number of nitrogens with one attached hydrogen (secondary N) is 2. The molecule has 1 amide bonds. The highest BCUT2D eigenvalue weighted by Crippen LogP contribution is 2.13. The molecule has 0 saturated carbocycles. The van der Waals surface area contributed by atoms with E-state index in [-0.39, 0.29) is 12.5 Å². The average Bonchev–Trinajstić information content (AvgIpc) is 3.00. The fraction of sp³-hybridized carbons (Fsp3) is 0.267. The number of aromatic nitrogens is 3. The molecule has 6 heteroatoms. The summed E-state index contributed by atoms with van der Waals surface area (Å²) in [4.78, 5) is 16.1. The smallest absolute Gasteiger partial charge is 0.251 e. The van der Waals surface area contributed by atoms with Crippen LogP contribution in [-0.4, -0.2) is 32.8 Å². The molecular weight excluding hydrogens is 268 g/mol. The summed E-state index contributed by atoms with van der Waals surface area (Å²) in [7, 11) is 0. The predicted octanol–water partition coefficient (Wildman–Crippen LogP) is 0.777. The van der Waals surface area contributed by atoms with Crippen LogP contribution in [0.2, 0.25) is 0 Å². The SMILES string of the molecule is Cc1c(C#CCCO)cccc1C(=O)NCc1ncn[nH]1. The van der Waals surface area contributed by atoms with Crippen LogP contribution in [0.5, 0.6) is 0 Å². The fourth-order valence-corrected chi connectivity index (χ4v) is 1.81. The van der Waals surface area contributed by atoms with Crippen molar-refractivity contribution in [1.82, 2.24) is 20.5 Å². The normalized spacial score (nSPS) is 9.81. The van der Waals surface area contributed by atoms with Crippen molar-refractivity contribution in [3.8, 4) is 11.8 Å². The van der Waals surface area contributed by atoms with Crippen LogP contribution in [0.25, 0.3) is 0 Å². The summed E-state index contributed by atoms with van der Waals surface area (Å²) in [5.74, 6) is 6.23. The lowest BCUT2D eigenvalue weighted by atomic mass is 10.0. The molecule has 0 spiro atoms. The van der Waals surface area contributed by atoms with Crippen molar-refractivity contribution in [3.63, 3.8) is 0 Å². The molecule has 1 heterocycles. The summed E-state index contributed by atoms with van der Waals surface area (Å²) in [6.45, 7) is 2.18. The number of hydrogen-bond donors (Lipinski definition) is 3. The van der Waals surface area contributed by atoms with Crippen molar-refractivity contribution in [3.05, 3.63) is 47.0 Å². The van der Waals surface area contributed by atoms with Crippen LogP contribution < -0.4 is 5.32 Å². The molecule has 0 fully saturated rings. The molecule has 0 radical (unpaired) electrons. The summed E-state index contributed by atoms with van der Waals surface area (Å²) in [6, 6.07) is 5.40. The Balaban J connectivity index is 2.10. The van der Waals surface area contributed by atoms with E-state index in [4.69, 9.17) is 5.11 Å². The Hall–Kier alpha value is -2.65. The maximum atomic E-state index is 12.2. The molecule has 0 saturated heterocycles. The van der Waals surface area contributed by atoms with Gasteiger partial charge in [-0.1, -0.05) is 17.9 Å². The van der Waals surface area contributed by atoms with Gasteiger partial charge in [-0.3, -0.25) is 9.89 Å². The van der Waals surface area contributed by atoms with Gasteiger partial charge in [-0.25, -0.2) is 4.98 Å². The van der Waals surface area contributed by atoms with Gasteiger partial charge in [0.05, 0.1) is 13.2 Å². The summed E-state index contributed by atoms with van der Waals surface area (Å²) in [5, 5.41) is 17.9. The summed E-state index contributed by atoms with van der Waals surface area (Å²) >= 11 is 0. The Morgan fingerprint density at radius 2 is 2.33 bits per heavy atom. The molecule has 108 valence electrons. The number of aromatic amines is 1. The lowest BCUT2D eigenvalue weighted by Crippen LogP contribution is -2.24. The minimum absolute atomic E-state index is 0.0312. The van der Waals surface area contributed by atoms with Crippen molar-refractivity contribution in [2.45, 2.75) is 19.9 Å².